The summed E-state index contributed by atoms with van der Waals surface area (Å²) in [5.41, 5.74) is 0.214. The highest BCUT2D eigenvalue weighted by atomic mass is 16.5. The minimum absolute atomic E-state index is 0.0230. The van der Waals surface area contributed by atoms with Gasteiger partial charge in [-0.1, -0.05) is 12.1 Å². The summed E-state index contributed by atoms with van der Waals surface area (Å²) < 4.78 is 10.8. The number of methoxy groups -OCH3 is 1. The summed E-state index contributed by atoms with van der Waals surface area (Å²) in [6.45, 7) is 1.43. The third-order valence-electron chi connectivity index (χ3n) is 3.17. The quantitative estimate of drug-likeness (QED) is 0.726. The zero-order valence-corrected chi connectivity index (χ0v) is 10.6. The normalized spacial score (nSPS) is 12.9. The molecular weight excluding hydrogens is 244 g/mol. The maximum absolute atomic E-state index is 12.3. The third-order valence-corrected chi connectivity index (χ3v) is 3.17. The van der Waals surface area contributed by atoms with E-state index in [9.17, 15) is 9.90 Å². The number of benzene rings is 2. The summed E-state index contributed by atoms with van der Waals surface area (Å²) in [6, 6.07) is 8.90. The lowest BCUT2D eigenvalue weighted by atomic mass is 10.0. The SMILES string of the molecule is COc1ccc2c(=O)/c(=C(\C)O)oc3cccc1c32. The highest BCUT2D eigenvalue weighted by Gasteiger charge is 2.12. The summed E-state index contributed by atoms with van der Waals surface area (Å²) in [5, 5.41) is 11.6. The predicted octanol–water partition coefficient (Wildman–Crippen LogP) is 2.36. The van der Waals surface area contributed by atoms with Crippen LogP contribution in [0.3, 0.4) is 0 Å². The van der Waals surface area contributed by atoms with Crippen molar-refractivity contribution in [2.45, 2.75) is 6.92 Å². The molecule has 0 atom stereocenters. The average Bonchev–Trinajstić information content (AvgIpc) is 2.42. The molecule has 0 radical (unpaired) electrons. The molecule has 0 aliphatic carbocycles. The second kappa shape index (κ2) is 4.02. The molecule has 3 aromatic rings. The Hall–Kier alpha value is -2.49. The van der Waals surface area contributed by atoms with Gasteiger partial charge in [0, 0.05) is 16.2 Å². The lowest BCUT2D eigenvalue weighted by Gasteiger charge is -2.08. The van der Waals surface area contributed by atoms with Crippen molar-refractivity contribution in [2.24, 2.45) is 0 Å². The highest BCUT2D eigenvalue weighted by molar-refractivity contribution is 6.09. The number of ether oxygens (including phenoxy) is 1. The molecule has 1 aromatic heterocycles. The van der Waals surface area contributed by atoms with Crippen LogP contribution in [0.4, 0.5) is 0 Å². The van der Waals surface area contributed by atoms with Gasteiger partial charge >= 0.3 is 0 Å². The molecule has 2 aromatic carbocycles. The molecule has 0 fully saturated rings. The van der Waals surface area contributed by atoms with Crippen molar-refractivity contribution in [1.82, 2.24) is 0 Å². The van der Waals surface area contributed by atoms with Gasteiger partial charge in [0.05, 0.1) is 7.11 Å². The third kappa shape index (κ3) is 1.57. The average molecular weight is 256 g/mol. The van der Waals surface area contributed by atoms with Gasteiger partial charge in [-0.3, -0.25) is 4.79 Å². The number of hydrogen-bond donors (Lipinski definition) is 1. The molecular formula is C15H12O4. The van der Waals surface area contributed by atoms with Crippen molar-refractivity contribution < 1.29 is 14.3 Å². The molecule has 0 saturated heterocycles. The first-order chi connectivity index (χ1) is 9.13. The molecule has 19 heavy (non-hydrogen) atoms. The first kappa shape index (κ1) is 11.6. The molecule has 4 nitrogen and oxygen atoms in total. The van der Waals surface area contributed by atoms with E-state index in [1.165, 1.54) is 6.92 Å². The Kier molecular flexibility index (Phi) is 2.45. The molecule has 0 saturated carbocycles. The van der Waals surface area contributed by atoms with Crippen LogP contribution >= 0.6 is 0 Å². The zero-order valence-electron chi connectivity index (χ0n) is 10.6. The van der Waals surface area contributed by atoms with Gasteiger partial charge in [0.15, 0.2) is 0 Å². The topological polar surface area (TPSA) is 59.7 Å². The Morgan fingerprint density at radius 2 is 2.00 bits per heavy atom. The largest absolute Gasteiger partial charge is 0.509 e. The van der Waals surface area contributed by atoms with Crippen LogP contribution in [-0.2, 0) is 0 Å². The first-order valence-corrected chi connectivity index (χ1v) is 5.85. The van der Waals surface area contributed by atoms with Crippen LogP contribution in [0, 0.1) is 0 Å². The molecule has 0 bridgehead atoms. The van der Waals surface area contributed by atoms with E-state index in [2.05, 4.69) is 0 Å². The van der Waals surface area contributed by atoms with Crippen LogP contribution in [0.1, 0.15) is 6.92 Å². The van der Waals surface area contributed by atoms with Gasteiger partial charge in [-0.2, -0.15) is 0 Å². The van der Waals surface area contributed by atoms with Crippen molar-refractivity contribution in [3.8, 4) is 5.75 Å². The number of rotatable bonds is 1. The molecule has 4 heteroatoms. The van der Waals surface area contributed by atoms with Gasteiger partial charge in [0.25, 0.3) is 0 Å². The summed E-state index contributed by atoms with van der Waals surface area (Å²) in [7, 11) is 1.58. The van der Waals surface area contributed by atoms with Gasteiger partial charge in [-0.05, 0) is 25.1 Å². The van der Waals surface area contributed by atoms with E-state index < -0.39 is 0 Å². The Morgan fingerprint density at radius 3 is 2.68 bits per heavy atom. The smallest absolute Gasteiger partial charge is 0.232 e. The van der Waals surface area contributed by atoms with E-state index in [-0.39, 0.29) is 16.6 Å². The van der Waals surface area contributed by atoms with Crippen molar-refractivity contribution >= 4 is 27.5 Å². The maximum Gasteiger partial charge on any atom is 0.232 e. The molecule has 1 heterocycles. The van der Waals surface area contributed by atoms with Crippen molar-refractivity contribution in [1.29, 1.82) is 0 Å². The predicted molar refractivity (Wildman–Crippen MR) is 73.5 cm³/mol. The maximum atomic E-state index is 12.3. The molecule has 0 aliphatic rings. The molecule has 0 amide bonds. The van der Waals surface area contributed by atoms with Gasteiger partial charge in [0.1, 0.15) is 17.1 Å². The lowest BCUT2D eigenvalue weighted by molar-refractivity contribution is 0.420. The van der Waals surface area contributed by atoms with E-state index in [1.807, 2.05) is 12.1 Å². The summed E-state index contributed by atoms with van der Waals surface area (Å²) >= 11 is 0. The summed E-state index contributed by atoms with van der Waals surface area (Å²) in [5.74, 6) is 0.564. The second-order valence-corrected chi connectivity index (χ2v) is 4.34. The molecule has 0 spiro atoms. The molecule has 0 unspecified atom stereocenters. The fourth-order valence-electron chi connectivity index (χ4n) is 2.32. The van der Waals surface area contributed by atoms with Crippen molar-refractivity contribution in [3.63, 3.8) is 0 Å². The van der Waals surface area contributed by atoms with E-state index >= 15 is 0 Å². The molecule has 0 aliphatic heterocycles. The van der Waals surface area contributed by atoms with Crippen molar-refractivity contribution in [3.05, 3.63) is 46.0 Å². The molecule has 1 N–H and O–H groups in total. The van der Waals surface area contributed by atoms with Crippen LogP contribution < -0.4 is 15.6 Å². The van der Waals surface area contributed by atoms with Gasteiger partial charge in [-0.15, -0.1) is 0 Å². The Labute approximate surface area is 108 Å². The second-order valence-electron chi connectivity index (χ2n) is 4.34. The standard InChI is InChI=1S/C15H12O4/c1-8(16)15-14(17)10-6-7-11(18-2)9-4-3-5-12(19-15)13(9)10/h3-7,16H,1-2H3/b15-8-. The minimum Gasteiger partial charge on any atom is -0.509 e. The summed E-state index contributed by atoms with van der Waals surface area (Å²) in [4.78, 5) is 12.3. The monoisotopic (exact) mass is 256 g/mol. The van der Waals surface area contributed by atoms with Gasteiger partial charge in [0.2, 0.25) is 10.8 Å². The van der Waals surface area contributed by atoms with Gasteiger partial charge in [-0.25, -0.2) is 0 Å². The number of aliphatic hydroxyl groups is 1. The van der Waals surface area contributed by atoms with E-state index in [1.54, 1.807) is 25.3 Å². The van der Waals surface area contributed by atoms with Crippen LogP contribution in [-0.4, -0.2) is 12.2 Å². The van der Waals surface area contributed by atoms with E-state index in [4.69, 9.17) is 9.15 Å². The fraction of sp³-hybridized carbons (Fsp3) is 0.133. The fourth-order valence-corrected chi connectivity index (χ4v) is 2.32. The van der Waals surface area contributed by atoms with Crippen LogP contribution in [0.5, 0.6) is 5.75 Å². The van der Waals surface area contributed by atoms with Crippen LogP contribution in [0.2, 0.25) is 0 Å². The van der Waals surface area contributed by atoms with Crippen molar-refractivity contribution in [2.75, 3.05) is 7.11 Å². The van der Waals surface area contributed by atoms with E-state index in [0.29, 0.717) is 16.7 Å². The Balaban J connectivity index is 2.69. The Morgan fingerprint density at radius 1 is 1.21 bits per heavy atom. The summed E-state index contributed by atoms with van der Waals surface area (Å²) in [6.07, 6.45) is 0. The van der Waals surface area contributed by atoms with E-state index in [0.717, 1.165) is 10.8 Å². The number of hydrogen-bond acceptors (Lipinski definition) is 4. The minimum atomic E-state index is -0.314. The zero-order chi connectivity index (χ0) is 13.6. The lowest BCUT2D eigenvalue weighted by Crippen LogP contribution is -2.26. The molecule has 96 valence electrons. The van der Waals surface area contributed by atoms with Gasteiger partial charge < -0.3 is 14.3 Å². The highest BCUT2D eigenvalue weighted by Crippen LogP contribution is 2.30. The van der Waals surface area contributed by atoms with Crippen LogP contribution in [0.15, 0.2) is 39.5 Å². The number of aliphatic hydroxyl groups excluding tert-OH is 1. The first-order valence-electron chi connectivity index (χ1n) is 5.85. The molecule has 3 rings (SSSR count). The Bertz CT molecular complexity index is 886. The van der Waals surface area contributed by atoms with Crippen LogP contribution in [0.25, 0.3) is 27.5 Å².